The second-order valence-electron chi connectivity index (χ2n) is 3.69. The van der Waals surface area contributed by atoms with Gasteiger partial charge in [0, 0.05) is 17.0 Å². The van der Waals surface area contributed by atoms with Gasteiger partial charge in [0.25, 0.3) is 5.91 Å². The molecule has 0 bridgehead atoms. The molecule has 1 aromatic carbocycles. The Morgan fingerprint density at radius 1 is 1.30 bits per heavy atom. The number of nitrogens with zero attached hydrogens (tertiary/aromatic N) is 1. The number of aromatic nitrogens is 1. The maximum Gasteiger partial charge on any atom is 0.443 e. The van der Waals surface area contributed by atoms with Crippen LogP contribution < -0.4 is 5.32 Å². The molecule has 0 saturated carbocycles. The summed E-state index contributed by atoms with van der Waals surface area (Å²) in [6, 6.07) is 2.61. The number of amides is 1. The van der Waals surface area contributed by atoms with Gasteiger partial charge in [0.15, 0.2) is 5.01 Å². The summed E-state index contributed by atoms with van der Waals surface area (Å²) in [6.07, 6.45) is -4.59. The molecule has 4 nitrogen and oxygen atoms in total. The number of phenols is 1. The Bertz CT molecular complexity index is 634. The number of benzene rings is 1. The van der Waals surface area contributed by atoms with Crippen LogP contribution in [0.4, 0.5) is 23.4 Å². The summed E-state index contributed by atoms with van der Waals surface area (Å²) in [6.45, 7) is 0. The average Bonchev–Trinajstić information content (AvgIpc) is 2.75. The maximum atomic E-state index is 13.0. The van der Waals surface area contributed by atoms with Gasteiger partial charge in [-0.25, -0.2) is 9.37 Å². The van der Waals surface area contributed by atoms with Gasteiger partial charge in [0.05, 0.1) is 0 Å². The molecule has 1 heterocycles. The molecule has 9 heteroatoms. The zero-order valence-electron chi connectivity index (χ0n) is 9.53. The number of alkyl halides is 3. The third-order valence-electron chi connectivity index (χ3n) is 2.13. The first kappa shape index (κ1) is 14.3. The van der Waals surface area contributed by atoms with Crippen molar-refractivity contribution in [1.29, 1.82) is 0 Å². The quantitative estimate of drug-likeness (QED) is 0.837. The predicted molar refractivity (Wildman–Crippen MR) is 63.1 cm³/mol. The standard InChI is InChI=1S/C11H6F4N2O2S/c12-6-1-5(2-7(18)3-6)9(19)16-8-4-20-10(17-8)11(13,14)15/h1-4,18H,(H,16,19). The zero-order valence-corrected chi connectivity index (χ0v) is 10.3. The summed E-state index contributed by atoms with van der Waals surface area (Å²) >= 11 is 0.326. The van der Waals surface area contributed by atoms with Crippen molar-refractivity contribution in [3.8, 4) is 5.75 Å². The molecule has 0 aliphatic heterocycles. The SMILES string of the molecule is O=C(Nc1csc(C(F)(F)F)n1)c1cc(O)cc(F)c1. The first-order chi connectivity index (χ1) is 9.25. The summed E-state index contributed by atoms with van der Waals surface area (Å²) in [5, 5.41) is 11.1. The largest absolute Gasteiger partial charge is 0.508 e. The van der Waals surface area contributed by atoms with Gasteiger partial charge in [0.2, 0.25) is 0 Å². The van der Waals surface area contributed by atoms with Gasteiger partial charge in [-0.05, 0) is 12.1 Å². The second-order valence-corrected chi connectivity index (χ2v) is 4.55. The Morgan fingerprint density at radius 2 is 2.00 bits per heavy atom. The predicted octanol–water partition coefficient (Wildman–Crippen LogP) is 3.26. The molecule has 2 rings (SSSR count). The lowest BCUT2D eigenvalue weighted by atomic mass is 10.2. The Balaban J connectivity index is 2.17. The van der Waals surface area contributed by atoms with Crippen molar-refractivity contribution >= 4 is 23.1 Å². The summed E-state index contributed by atoms with van der Waals surface area (Å²) in [5.74, 6) is -2.48. The minimum Gasteiger partial charge on any atom is -0.508 e. The van der Waals surface area contributed by atoms with Crippen LogP contribution in [0.1, 0.15) is 15.4 Å². The molecule has 2 aromatic rings. The topological polar surface area (TPSA) is 62.2 Å². The van der Waals surface area contributed by atoms with Gasteiger partial charge in [-0.2, -0.15) is 13.2 Å². The van der Waals surface area contributed by atoms with Crippen molar-refractivity contribution in [2.24, 2.45) is 0 Å². The van der Waals surface area contributed by atoms with E-state index in [-0.39, 0.29) is 11.4 Å². The van der Waals surface area contributed by atoms with Gasteiger partial charge in [0.1, 0.15) is 17.4 Å². The molecule has 0 saturated heterocycles. The number of carbonyl (C=O) groups excluding carboxylic acids is 1. The van der Waals surface area contributed by atoms with Crippen LogP contribution in [0.3, 0.4) is 0 Å². The summed E-state index contributed by atoms with van der Waals surface area (Å²) in [4.78, 5) is 14.9. The third kappa shape index (κ3) is 3.23. The summed E-state index contributed by atoms with van der Waals surface area (Å²) < 4.78 is 49.9. The number of carbonyl (C=O) groups is 1. The fraction of sp³-hybridized carbons (Fsp3) is 0.0909. The number of aromatic hydroxyl groups is 1. The molecule has 0 atom stereocenters. The molecule has 2 N–H and O–H groups in total. The maximum absolute atomic E-state index is 13.0. The second kappa shape index (κ2) is 5.08. The molecular formula is C11H6F4N2O2S. The van der Waals surface area contributed by atoms with Crippen molar-refractivity contribution in [3.05, 3.63) is 40.0 Å². The normalized spacial score (nSPS) is 11.4. The lowest BCUT2D eigenvalue weighted by molar-refractivity contribution is -0.137. The highest BCUT2D eigenvalue weighted by molar-refractivity contribution is 7.10. The Hall–Kier alpha value is -2.16. The van der Waals surface area contributed by atoms with Crippen LogP contribution in [0.5, 0.6) is 5.75 Å². The van der Waals surface area contributed by atoms with E-state index in [2.05, 4.69) is 10.3 Å². The monoisotopic (exact) mass is 306 g/mol. The van der Waals surface area contributed by atoms with Gasteiger partial charge in [-0.15, -0.1) is 11.3 Å². The summed E-state index contributed by atoms with van der Waals surface area (Å²) in [5.41, 5.74) is -0.232. The minimum absolute atomic E-state index is 0.232. The molecule has 106 valence electrons. The molecule has 0 fully saturated rings. The smallest absolute Gasteiger partial charge is 0.443 e. The molecule has 0 aliphatic rings. The first-order valence-corrected chi connectivity index (χ1v) is 5.97. The van der Waals surface area contributed by atoms with Crippen LogP contribution in [0.15, 0.2) is 23.6 Å². The van der Waals surface area contributed by atoms with Crippen molar-refractivity contribution in [1.82, 2.24) is 4.98 Å². The minimum atomic E-state index is -4.59. The van der Waals surface area contributed by atoms with Crippen molar-refractivity contribution in [3.63, 3.8) is 0 Å². The van der Waals surface area contributed by atoms with Gasteiger partial charge >= 0.3 is 6.18 Å². The van der Waals surface area contributed by atoms with E-state index in [0.717, 1.165) is 23.6 Å². The van der Waals surface area contributed by atoms with E-state index in [1.54, 1.807) is 0 Å². The van der Waals surface area contributed by atoms with Crippen LogP contribution in [0, 0.1) is 5.82 Å². The van der Waals surface area contributed by atoms with Crippen molar-refractivity contribution in [2.45, 2.75) is 6.18 Å². The number of phenolic OH excluding ortho intramolecular Hbond substituents is 1. The fourth-order valence-electron chi connectivity index (χ4n) is 1.36. The van der Waals surface area contributed by atoms with Gasteiger partial charge < -0.3 is 10.4 Å². The molecule has 0 radical (unpaired) electrons. The van der Waals surface area contributed by atoms with Crippen LogP contribution in [-0.4, -0.2) is 16.0 Å². The molecule has 0 unspecified atom stereocenters. The molecular weight excluding hydrogens is 300 g/mol. The van der Waals surface area contributed by atoms with E-state index < -0.39 is 28.7 Å². The van der Waals surface area contributed by atoms with Gasteiger partial charge in [-0.1, -0.05) is 0 Å². The van der Waals surface area contributed by atoms with Gasteiger partial charge in [-0.3, -0.25) is 4.79 Å². The van der Waals surface area contributed by atoms with E-state index in [9.17, 15) is 22.4 Å². The number of anilines is 1. The number of nitrogens with one attached hydrogen (secondary N) is 1. The first-order valence-electron chi connectivity index (χ1n) is 5.09. The van der Waals surface area contributed by atoms with Crippen LogP contribution in [0.2, 0.25) is 0 Å². The Labute approximate surface area is 113 Å². The third-order valence-corrected chi connectivity index (χ3v) is 3.02. The number of hydrogen-bond acceptors (Lipinski definition) is 4. The van der Waals surface area contributed by atoms with E-state index in [0.29, 0.717) is 11.3 Å². The van der Waals surface area contributed by atoms with Crippen LogP contribution in [0.25, 0.3) is 0 Å². The lowest BCUT2D eigenvalue weighted by Gasteiger charge is -2.03. The van der Waals surface area contributed by atoms with E-state index in [4.69, 9.17) is 5.11 Å². The Morgan fingerprint density at radius 3 is 2.55 bits per heavy atom. The molecule has 20 heavy (non-hydrogen) atoms. The highest BCUT2D eigenvalue weighted by Crippen LogP contribution is 2.32. The zero-order chi connectivity index (χ0) is 14.9. The highest BCUT2D eigenvalue weighted by Gasteiger charge is 2.34. The molecule has 0 aliphatic carbocycles. The van der Waals surface area contributed by atoms with E-state index in [1.807, 2.05) is 0 Å². The Kier molecular flexibility index (Phi) is 3.62. The van der Waals surface area contributed by atoms with E-state index in [1.165, 1.54) is 0 Å². The van der Waals surface area contributed by atoms with E-state index >= 15 is 0 Å². The van der Waals surface area contributed by atoms with Crippen molar-refractivity contribution < 1.29 is 27.5 Å². The van der Waals surface area contributed by atoms with Crippen LogP contribution >= 0.6 is 11.3 Å². The van der Waals surface area contributed by atoms with Crippen LogP contribution in [-0.2, 0) is 6.18 Å². The molecule has 0 spiro atoms. The summed E-state index contributed by atoms with van der Waals surface area (Å²) in [7, 11) is 0. The average molecular weight is 306 g/mol. The van der Waals surface area contributed by atoms with Crippen molar-refractivity contribution in [2.75, 3.05) is 5.32 Å². The molecule has 1 aromatic heterocycles. The number of halogens is 4. The molecule has 1 amide bonds. The highest BCUT2D eigenvalue weighted by atomic mass is 32.1. The number of rotatable bonds is 2. The number of thiazole rings is 1. The lowest BCUT2D eigenvalue weighted by Crippen LogP contribution is -2.13. The fourth-order valence-corrected chi connectivity index (χ4v) is 1.97. The number of hydrogen-bond donors (Lipinski definition) is 2.